The number of nitriles is 10. The van der Waals surface area contributed by atoms with Crippen molar-refractivity contribution in [1.29, 1.82) is 52.6 Å². The predicted molar refractivity (Wildman–Crippen MR) is 258 cm³/mol. The highest BCUT2D eigenvalue weighted by molar-refractivity contribution is 6.36. The smallest absolute Gasteiger partial charge is 0.226 e. The molecule has 11 nitrogen and oxygen atoms in total. The number of halogens is 14. The van der Waals surface area contributed by atoms with Crippen molar-refractivity contribution in [3.63, 3.8) is 0 Å². The van der Waals surface area contributed by atoms with Crippen LogP contribution in [0.15, 0.2) is 103 Å². The Hall–Kier alpha value is -10.6. The van der Waals surface area contributed by atoms with E-state index in [1.165, 1.54) is 36.4 Å². The van der Waals surface area contributed by atoms with E-state index in [2.05, 4.69) is 4.85 Å². The summed E-state index contributed by atoms with van der Waals surface area (Å²) < 4.78 is 126. The van der Waals surface area contributed by atoms with E-state index in [0.717, 1.165) is 48.5 Å². The molecular weight excluding hydrogens is 1120 g/mol. The Morgan fingerprint density at radius 1 is 0.333 bits per heavy atom. The largest absolute Gasteiger partial charge is 0.235 e. The van der Waals surface area contributed by atoms with E-state index >= 15 is 0 Å². The monoisotopic (exact) mass is 1140 g/mol. The maximum Gasteiger partial charge on any atom is 0.226 e. The molecule has 0 unspecified atom stereocenters. The summed E-state index contributed by atoms with van der Waals surface area (Å²) in [7, 11) is 0. The van der Waals surface area contributed by atoms with Gasteiger partial charge in [0.25, 0.3) is 0 Å². The van der Waals surface area contributed by atoms with Gasteiger partial charge in [-0.3, -0.25) is 0 Å². The van der Waals surface area contributed by atoms with Crippen molar-refractivity contribution >= 4 is 52.1 Å². The second-order valence-corrected chi connectivity index (χ2v) is 14.9. The first-order valence-corrected chi connectivity index (χ1v) is 21.2. The first kappa shape index (κ1) is 65.4. The Morgan fingerprint density at radius 2 is 0.795 bits per heavy atom. The lowest BCUT2D eigenvalue weighted by Gasteiger charge is -1.95. The molecule has 0 heterocycles. The van der Waals surface area contributed by atoms with Gasteiger partial charge in [-0.1, -0.05) is 52.5 Å². The van der Waals surface area contributed by atoms with Crippen LogP contribution in [0.2, 0.25) is 20.1 Å². The van der Waals surface area contributed by atoms with Crippen LogP contribution in [0.25, 0.3) is 4.85 Å². The van der Waals surface area contributed by atoms with E-state index in [0.29, 0.717) is 49.4 Å². The Balaban J connectivity index is 0.000000456. The van der Waals surface area contributed by atoms with Crippen molar-refractivity contribution in [2.75, 3.05) is 0 Å². The van der Waals surface area contributed by atoms with Gasteiger partial charge in [-0.15, -0.1) is 0 Å². The minimum atomic E-state index is -1.10. The van der Waals surface area contributed by atoms with Crippen LogP contribution in [0.1, 0.15) is 55.6 Å². The fraction of sp³-hybridized carbons (Fsp3) is 0. The van der Waals surface area contributed by atoms with Gasteiger partial charge in [0.05, 0.1) is 72.2 Å². The van der Waals surface area contributed by atoms with Crippen LogP contribution in [-0.2, 0) is 0 Å². The quantitative estimate of drug-likeness (QED) is 0.103. The summed E-state index contributed by atoms with van der Waals surface area (Å²) in [4.78, 5) is 2.72. The highest BCUT2D eigenvalue weighted by Gasteiger charge is 2.14. The lowest BCUT2D eigenvalue weighted by molar-refractivity contribution is 0.574. The van der Waals surface area contributed by atoms with Crippen LogP contribution in [-0.4, -0.2) is 0 Å². The van der Waals surface area contributed by atoms with E-state index in [9.17, 15) is 43.9 Å². The molecule has 0 spiro atoms. The Kier molecular flexibility index (Phi) is 27.9. The number of benzene rings is 7. The molecule has 0 atom stereocenters. The SMILES string of the molecule is N#Cc1c(Cl)cccc1Cl.N#Cc1cc(F)c(C#N)c(F)c1.N#Cc1cc(F)c(C#N)cc1F.N#Cc1ccc(Cl)cc1Cl.N#Cc1ccc(F)c(C#N)c1F.N#Cc1ccc(F)cc1F.[C-]#[N+]c1cc(F)cc(C#N)c1F. The van der Waals surface area contributed by atoms with Gasteiger partial charge in [-0.25, -0.2) is 48.7 Å². The molecule has 25 heteroatoms. The van der Waals surface area contributed by atoms with Crippen molar-refractivity contribution in [2.24, 2.45) is 0 Å². The van der Waals surface area contributed by atoms with Gasteiger partial charge in [0.15, 0.2) is 5.82 Å². The van der Waals surface area contributed by atoms with Gasteiger partial charge in [-0.2, -0.15) is 52.6 Å². The zero-order valence-corrected chi connectivity index (χ0v) is 41.0. The molecule has 382 valence electrons. The molecule has 0 N–H and O–H groups in total. The maximum atomic E-state index is 12.9. The van der Waals surface area contributed by atoms with Crippen LogP contribution in [0, 0.1) is 178 Å². The molecule has 0 fully saturated rings. The highest BCUT2D eigenvalue weighted by Crippen LogP contribution is 2.24. The summed E-state index contributed by atoms with van der Waals surface area (Å²) in [6.07, 6.45) is 0. The summed E-state index contributed by atoms with van der Waals surface area (Å²) in [6, 6.07) is 34.5. The molecule has 0 bridgehead atoms. The topological polar surface area (TPSA) is 242 Å². The lowest BCUT2D eigenvalue weighted by atomic mass is 10.1. The minimum absolute atomic E-state index is 0.135. The molecular formula is C53H17Cl4F10N11. The molecule has 0 aliphatic rings. The molecule has 0 aliphatic heterocycles. The second kappa shape index (κ2) is 33.3. The van der Waals surface area contributed by atoms with Crippen LogP contribution < -0.4 is 0 Å². The van der Waals surface area contributed by atoms with Crippen molar-refractivity contribution in [3.8, 4) is 60.7 Å². The summed E-state index contributed by atoms with van der Waals surface area (Å²) in [5.74, 6) is -9.05. The first-order valence-electron chi connectivity index (χ1n) is 19.7. The summed E-state index contributed by atoms with van der Waals surface area (Å²) in [6.45, 7) is 6.46. The first-order chi connectivity index (χ1) is 37.0. The Morgan fingerprint density at radius 3 is 1.21 bits per heavy atom. The molecule has 0 amide bonds. The molecule has 7 aromatic rings. The average molecular weight is 1140 g/mol. The number of nitrogens with zero attached hydrogens (tertiary/aromatic N) is 11. The zero-order valence-electron chi connectivity index (χ0n) is 38.0. The third-order valence-corrected chi connectivity index (χ3v) is 9.52. The summed E-state index contributed by atoms with van der Waals surface area (Å²) in [5.41, 5.74) is -2.89. The van der Waals surface area contributed by atoms with Gasteiger partial charge in [-0.05, 0) is 91.0 Å². The summed E-state index contributed by atoms with van der Waals surface area (Å²) in [5, 5.41) is 84.8. The zero-order chi connectivity index (χ0) is 59.2. The molecule has 0 aromatic heterocycles. The minimum Gasteiger partial charge on any atom is -0.235 e. The molecule has 0 saturated carbocycles. The maximum absolute atomic E-state index is 12.9. The van der Waals surface area contributed by atoms with E-state index in [1.54, 1.807) is 48.5 Å². The fourth-order valence-electron chi connectivity index (χ4n) is 4.71. The van der Waals surface area contributed by atoms with Gasteiger partial charge in [0.1, 0.15) is 118 Å². The van der Waals surface area contributed by atoms with Crippen LogP contribution in [0.5, 0.6) is 0 Å². The van der Waals surface area contributed by atoms with Crippen LogP contribution in [0.4, 0.5) is 49.6 Å². The van der Waals surface area contributed by atoms with E-state index in [4.69, 9.17) is 106 Å². The van der Waals surface area contributed by atoms with E-state index < -0.39 is 91.7 Å². The summed E-state index contributed by atoms with van der Waals surface area (Å²) >= 11 is 22.4. The second-order valence-electron chi connectivity index (χ2n) is 13.3. The molecule has 0 radical (unpaired) electrons. The normalized spacial score (nSPS) is 8.76. The van der Waals surface area contributed by atoms with Gasteiger partial charge >= 0.3 is 0 Å². The lowest BCUT2D eigenvalue weighted by Crippen LogP contribution is -1.93. The predicted octanol–water partition coefficient (Wildman–Crippen LogP) is 15.1. The van der Waals surface area contributed by atoms with Gasteiger partial charge < -0.3 is 0 Å². The highest BCUT2D eigenvalue weighted by atomic mass is 35.5. The van der Waals surface area contributed by atoms with E-state index in [-0.39, 0.29) is 16.7 Å². The number of hydrogen-bond acceptors (Lipinski definition) is 10. The Bertz CT molecular complexity index is 3700. The molecule has 78 heavy (non-hydrogen) atoms. The molecule has 0 saturated heterocycles. The van der Waals surface area contributed by atoms with Crippen LogP contribution in [0.3, 0.4) is 0 Å². The van der Waals surface area contributed by atoms with Gasteiger partial charge in [0.2, 0.25) is 5.69 Å². The third-order valence-electron chi connectivity index (χ3n) is 8.34. The van der Waals surface area contributed by atoms with Gasteiger partial charge in [0, 0.05) is 11.1 Å². The Labute approximate surface area is 455 Å². The molecule has 7 rings (SSSR count). The van der Waals surface area contributed by atoms with Crippen LogP contribution >= 0.6 is 46.4 Å². The molecule has 7 aromatic carbocycles. The fourth-order valence-corrected chi connectivity index (χ4v) is 5.64. The van der Waals surface area contributed by atoms with Crippen molar-refractivity contribution in [1.82, 2.24) is 0 Å². The van der Waals surface area contributed by atoms with Crippen molar-refractivity contribution in [2.45, 2.75) is 0 Å². The third kappa shape index (κ3) is 20.0. The number of hydrogen-bond donors (Lipinski definition) is 0. The molecule has 0 aliphatic carbocycles. The van der Waals surface area contributed by atoms with Crippen molar-refractivity contribution < 1.29 is 43.9 Å². The van der Waals surface area contributed by atoms with E-state index in [1.807, 2.05) is 12.1 Å². The standard InChI is InChI=1S/4C8H2F2N2.2C7H3Cl2N.C7H3F2N/c1-12-7-3-6(9)2-5(4-11)8(7)10;9-7-1-5(3-11)8(10)2-6(7)4-12;9-7-1-5(3-11)2-8(10)6(7)4-12;9-7-2-1-5(3-11)8(10)6(7)4-12;8-6-2-1-5(4-10)7(9)3-6;8-6-2-1-3-7(9)5(6)4-10;8-6-2-1-5(4-10)7(9)3-6/h2-3H;3*1-2H;3*1-3H. The number of rotatable bonds is 0. The average Bonchev–Trinajstić information content (AvgIpc) is 3.41. The van der Waals surface area contributed by atoms with Crippen molar-refractivity contribution in [3.05, 3.63) is 248 Å².